The van der Waals surface area contributed by atoms with Crippen LogP contribution in [0.5, 0.6) is 0 Å². The number of hydrogen-bond donors (Lipinski definition) is 6. The number of aliphatic hydroxyl groups is 5. The van der Waals surface area contributed by atoms with Crippen LogP contribution in [0.25, 0.3) is 0 Å². The number of methoxy groups -OCH3 is 1. The summed E-state index contributed by atoms with van der Waals surface area (Å²) in [6.45, 7) is 25.0. The van der Waals surface area contributed by atoms with E-state index >= 15 is 0 Å². The molecule has 19 atom stereocenters. The molecule has 0 aliphatic carbocycles. The second kappa shape index (κ2) is 25.1. The first-order chi connectivity index (χ1) is 32.1. The standard InChI is InChI=1S/C53H93N3O13/c1-17-41-53(13,63)45(58)36(9)56(24-18-23-54-48(60)33(6)39-21-19-38(20-22-39)25-30(2)3)29-31(4)27-51(11,62)47(69-50-43(57)40(55(14)15)26-32(5)65-50)34(7)44(35(8)49(61)67-41)68-42-28-52(12,64-16)46(59)37(10)66-42/h19-22,30-37,40-47,50,57-59,62-63H,17-18,23-29H2,1-16H3,(H,54,60)/t31-,32-,33-,34+,35-,36-,37+,40+,41-,42+,43-,44+,45-,46+,47-,50+,51-,52-,53-/m1/s1. The summed E-state index contributed by atoms with van der Waals surface area (Å²) in [5, 5.41) is 63.2. The molecule has 0 aromatic heterocycles. The molecule has 0 radical (unpaired) electrons. The highest BCUT2D eigenvalue weighted by atomic mass is 16.7. The molecule has 0 unspecified atom stereocenters. The molecule has 3 fully saturated rings. The van der Waals surface area contributed by atoms with E-state index in [4.69, 9.17) is 28.4 Å². The van der Waals surface area contributed by atoms with Crippen LogP contribution in [0.2, 0.25) is 0 Å². The van der Waals surface area contributed by atoms with Crippen molar-refractivity contribution in [3.05, 3.63) is 35.4 Å². The summed E-state index contributed by atoms with van der Waals surface area (Å²) in [4.78, 5) is 32.0. The van der Waals surface area contributed by atoms with Crippen LogP contribution in [0.4, 0.5) is 0 Å². The average molecular weight is 980 g/mol. The number of esters is 1. The number of likely N-dealkylation sites (N-methyl/N-ethyl adjacent to an activating group) is 1. The number of nitrogens with one attached hydrogen (secondary N) is 1. The number of hydrogen-bond acceptors (Lipinski definition) is 15. The van der Waals surface area contributed by atoms with Crippen LogP contribution in [0, 0.1) is 23.7 Å². The van der Waals surface area contributed by atoms with Crippen molar-refractivity contribution in [2.75, 3.05) is 40.8 Å². The van der Waals surface area contributed by atoms with Crippen LogP contribution in [0.1, 0.15) is 139 Å². The zero-order chi connectivity index (χ0) is 51.9. The highest BCUT2D eigenvalue weighted by molar-refractivity contribution is 5.83. The minimum Gasteiger partial charge on any atom is -0.459 e. The van der Waals surface area contributed by atoms with Crippen LogP contribution in [-0.4, -0.2) is 178 Å². The molecule has 3 aliphatic rings. The van der Waals surface area contributed by atoms with Crippen LogP contribution in [0.3, 0.4) is 0 Å². The molecule has 3 saturated heterocycles. The summed E-state index contributed by atoms with van der Waals surface area (Å²) in [7, 11) is 5.27. The van der Waals surface area contributed by atoms with Gasteiger partial charge in [-0.15, -0.1) is 0 Å². The van der Waals surface area contributed by atoms with Gasteiger partial charge in [0.2, 0.25) is 5.91 Å². The van der Waals surface area contributed by atoms with E-state index in [1.165, 1.54) is 19.6 Å². The Hall–Kier alpha value is -2.32. The number of benzene rings is 1. The molecule has 1 amide bonds. The van der Waals surface area contributed by atoms with Gasteiger partial charge in [0.05, 0.1) is 47.5 Å². The molecule has 0 saturated carbocycles. The first-order valence-corrected chi connectivity index (χ1v) is 25.7. The Labute approximate surface area is 414 Å². The largest absolute Gasteiger partial charge is 0.459 e. The van der Waals surface area contributed by atoms with Crippen molar-refractivity contribution in [1.82, 2.24) is 15.1 Å². The normalized spacial score (nSPS) is 40.7. The number of ether oxygens (including phenoxy) is 6. The maximum atomic E-state index is 14.6. The SMILES string of the molecule is CC[C@H]1OC(=O)[C@H](C)[C@@H](O[C@H]2C[C@@](C)(OC)[C@@H](O)[C@H](C)O2)[C@H](C)[C@@H](O[C@@H]2O[C@H](C)C[C@H](N(C)C)[C@H]2O)[C@](C)(O)C[C@@H](C)CN(CCCNC(=O)[C@H](C)c2ccc(CC(C)C)cc2)[C@H](C)[C@@H](O)[C@]1(C)O. The molecule has 1 aromatic carbocycles. The number of carbonyl (C=O) groups is 2. The summed E-state index contributed by atoms with van der Waals surface area (Å²) >= 11 is 0. The lowest BCUT2D eigenvalue weighted by molar-refractivity contribution is -0.318. The highest BCUT2D eigenvalue weighted by Gasteiger charge is 2.53. The maximum absolute atomic E-state index is 14.6. The van der Waals surface area contributed by atoms with Gasteiger partial charge in [0.1, 0.15) is 30.0 Å². The van der Waals surface area contributed by atoms with Crippen molar-refractivity contribution in [3.8, 4) is 0 Å². The number of aliphatic hydroxyl groups excluding tert-OH is 3. The van der Waals surface area contributed by atoms with Crippen LogP contribution in [0.15, 0.2) is 24.3 Å². The van der Waals surface area contributed by atoms with Gasteiger partial charge >= 0.3 is 5.97 Å². The predicted octanol–water partition coefficient (Wildman–Crippen LogP) is 4.78. The first-order valence-electron chi connectivity index (χ1n) is 25.7. The van der Waals surface area contributed by atoms with E-state index < -0.39 is 96.0 Å². The summed E-state index contributed by atoms with van der Waals surface area (Å²) in [5.41, 5.74) is -2.45. The Morgan fingerprint density at radius 2 is 1.58 bits per heavy atom. The van der Waals surface area contributed by atoms with Crippen molar-refractivity contribution in [3.63, 3.8) is 0 Å². The van der Waals surface area contributed by atoms with E-state index in [1.807, 2.05) is 70.6 Å². The molecule has 0 spiro atoms. The van der Waals surface area contributed by atoms with E-state index in [9.17, 15) is 35.1 Å². The average Bonchev–Trinajstić information content (AvgIpc) is 3.28. The Kier molecular flexibility index (Phi) is 21.5. The molecule has 3 aliphatic heterocycles. The monoisotopic (exact) mass is 980 g/mol. The van der Waals surface area contributed by atoms with Crippen LogP contribution < -0.4 is 5.32 Å². The quantitative estimate of drug-likeness (QED) is 0.103. The third kappa shape index (κ3) is 14.9. The Balaban J connectivity index is 1.71. The Bertz CT molecular complexity index is 1750. The van der Waals surface area contributed by atoms with Crippen molar-refractivity contribution in [2.45, 2.75) is 225 Å². The second-order valence-electron chi connectivity index (χ2n) is 22.4. The van der Waals surface area contributed by atoms with Gasteiger partial charge in [0.15, 0.2) is 12.6 Å². The molecule has 6 N–H and O–H groups in total. The number of amides is 1. The molecular formula is C53H93N3O13. The number of nitrogens with zero attached hydrogens (tertiary/aromatic N) is 2. The molecule has 69 heavy (non-hydrogen) atoms. The smallest absolute Gasteiger partial charge is 0.311 e. The summed E-state index contributed by atoms with van der Waals surface area (Å²) < 4.78 is 38.2. The lowest BCUT2D eigenvalue weighted by Gasteiger charge is -2.48. The maximum Gasteiger partial charge on any atom is 0.311 e. The van der Waals surface area contributed by atoms with Gasteiger partial charge in [0, 0.05) is 51.2 Å². The fourth-order valence-corrected chi connectivity index (χ4v) is 11.1. The van der Waals surface area contributed by atoms with Gasteiger partial charge in [-0.1, -0.05) is 58.9 Å². The van der Waals surface area contributed by atoms with Gasteiger partial charge in [-0.2, -0.15) is 0 Å². The van der Waals surface area contributed by atoms with E-state index in [0.29, 0.717) is 38.4 Å². The second-order valence-corrected chi connectivity index (χ2v) is 22.4. The number of rotatable bonds is 15. The third-order valence-electron chi connectivity index (χ3n) is 15.5. The molecule has 0 bridgehead atoms. The molecule has 3 heterocycles. The van der Waals surface area contributed by atoms with Crippen molar-refractivity contribution in [1.29, 1.82) is 0 Å². The van der Waals surface area contributed by atoms with Crippen molar-refractivity contribution < 1.29 is 63.5 Å². The van der Waals surface area contributed by atoms with E-state index in [2.05, 4.69) is 31.3 Å². The molecule has 16 heteroatoms. The molecule has 16 nitrogen and oxygen atoms in total. The Morgan fingerprint density at radius 1 is 0.942 bits per heavy atom. The van der Waals surface area contributed by atoms with Gasteiger partial charge in [-0.05, 0) is 125 Å². The topological polar surface area (TPSA) is 209 Å². The fourth-order valence-electron chi connectivity index (χ4n) is 11.1. The van der Waals surface area contributed by atoms with E-state index in [-0.39, 0.29) is 49.2 Å². The molecule has 1 aromatic rings. The van der Waals surface area contributed by atoms with E-state index in [1.54, 1.807) is 34.6 Å². The zero-order valence-corrected chi connectivity index (χ0v) is 44.9. The van der Waals surface area contributed by atoms with E-state index in [0.717, 1.165) is 12.0 Å². The number of cyclic esters (lactones) is 1. The number of carbonyl (C=O) groups excluding carboxylic acids is 2. The molecular weight excluding hydrogens is 887 g/mol. The predicted molar refractivity (Wildman–Crippen MR) is 264 cm³/mol. The Morgan fingerprint density at radius 3 is 2.16 bits per heavy atom. The van der Waals surface area contributed by atoms with Gasteiger partial charge in [0.25, 0.3) is 0 Å². The fraction of sp³-hybridized carbons (Fsp3) is 0.849. The summed E-state index contributed by atoms with van der Waals surface area (Å²) in [6.07, 6.45) is -7.47. The third-order valence-corrected chi connectivity index (χ3v) is 15.5. The molecule has 4 rings (SSSR count). The minimum atomic E-state index is -1.91. The summed E-state index contributed by atoms with van der Waals surface area (Å²) in [6, 6.07) is 7.21. The van der Waals surface area contributed by atoms with Gasteiger partial charge in [-0.3, -0.25) is 14.5 Å². The first kappa shape index (κ1) is 59.2. The van der Waals surface area contributed by atoms with Crippen molar-refractivity contribution >= 4 is 11.9 Å². The summed E-state index contributed by atoms with van der Waals surface area (Å²) in [5.74, 6) is -2.77. The minimum absolute atomic E-state index is 0.0957. The van der Waals surface area contributed by atoms with Gasteiger partial charge in [-0.25, -0.2) is 0 Å². The van der Waals surface area contributed by atoms with Crippen molar-refractivity contribution in [2.24, 2.45) is 23.7 Å². The highest BCUT2D eigenvalue weighted by Crippen LogP contribution is 2.40. The lowest BCUT2D eigenvalue weighted by Crippen LogP contribution is -2.60. The van der Waals surface area contributed by atoms with Crippen LogP contribution >= 0.6 is 0 Å². The zero-order valence-electron chi connectivity index (χ0n) is 44.9. The lowest BCUT2D eigenvalue weighted by atomic mass is 9.77. The van der Waals surface area contributed by atoms with Crippen LogP contribution in [-0.2, 0) is 44.4 Å². The van der Waals surface area contributed by atoms with Gasteiger partial charge < -0.3 is 64.2 Å². The molecule has 398 valence electrons.